The van der Waals surface area contributed by atoms with Crippen LogP contribution >= 0.6 is 11.6 Å². The summed E-state index contributed by atoms with van der Waals surface area (Å²) in [5.74, 6) is 5.36. The molecule has 0 bridgehead atoms. The van der Waals surface area contributed by atoms with Crippen molar-refractivity contribution < 1.29 is 9.90 Å². The second kappa shape index (κ2) is 5.43. The molecule has 0 saturated heterocycles. The molecule has 15 heavy (non-hydrogen) atoms. The molecule has 0 aliphatic rings. The molecule has 0 spiro atoms. The lowest BCUT2D eigenvalue weighted by molar-refractivity contribution is 0.0696. The van der Waals surface area contributed by atoms with Gasteiger partial charge in [0.25, 0.3) is 0 Å². The molecule has 0 unspecified atom stereocenters. The molecule has 0 atom stereocenters. The molecule has 0 radical (unpaired) electrons. The molecular weight excluding hydrogens is 212 g/mol. The largest absolute Gasteiger partial charge is 0.478 e. The van der Waals surface area contributed by atoms with Crippen molar-refractivity contribution in [2.75, 3.05) is 5.88 Å². The molecule has 2 nitrogen and oxygen atoms in total. The lowest BCUT2D eigenvalue weighted by Gasteiger charge is -2.02. The number of carboxylic acids is 1. The number of halogens is 1. The third-order valence-corrected chi connectivity index (χ3v) is 2.20. The fourth-order valence-electron chi connectivity index (χ4n) is 1.21. The minimum atomic E-state index is -0.923. The fraction of sp³-hybridized carbons (Fsp3) is 0.250. The highest BCUT2D eigenvalue weighted by atomic mass is 35.5. The zero-order chi connectivity index (χ0) is 11.3. The number of benzene rings is 1. The van der Waals surface area contributed by atoms with Gasteiger partial charge < -0.3 is 5.11 Å². The van der Waals surface area contributed by atoms with E-state index in [-0.39, 0.29) is 0 Å². The topological polar surface area (TPSA) is 37.3 Å². The van der Waals surface area contributed by atoms with Crippen LogP contribution in [0.4, 0.5) is 0 Å². The molecule has 1 N–H and O–H groups in total. The Balaban J connectivity index is 3.06. The Hall–Kier alpha value is -1.46. The third kappa shape index (κ3) is 3.00. The molecule has 1 aromatic carbocycles. The van der Waals surface area contributed by atoms with Crippen molar-refractivity contribution in [1.29, 1.82) is 0 Å². The summed E-state index contributed by atoms with van der Waals surface area (Å²) in [5, 5.41) is 8.89. The van der Waals surface area contributed by atoms with Crippen molar-refractivity contribution in [3.05, 3.63) is 34.9 Å². The summed E-state index contributed by atoms with van der Waals surface area (Å²) in [4.78, 5) is 10.8. The Bertz CT molecular complexity index is 427. The Kier molecular flexibility index (Phi) is 4.20. The molecule has 0 saturated carbocycles. The van der Waals surface area contributed by atoms with Gasteiger partial charge in [-0.05, 0) is 24.6 Å². The Morgan fingerprint density at radius 1 is 1.53 bits per heavy atom. The van der Waals surface area contributed by atoms with E-state index < -0.39 is 5.97 Å². The SMILES string of the molecule is Cc1c(C#CCCCl)cccc1C(=O)O. The van der Waals surface area contributed by atoms with Crippen LogP contribution in [-0.4, -0.2) is 17.0 Å². The summed E-state index contributed by atoms with van der Waals surface area (Å²) in [6.45, 7) is 1.76. The van der Waals surface area contributed by atoms with E-state index in [9.17, 15) is 4.79 Å². The summed E-state index contributed by atoms with van der Waals surface area (Å²) in [5.41, 5.74) is 1.75. The summed E-state index contributed by atoms with van der Waals surface area (Å²) in [7, 11) is 0. The van der Waals surface area contributed by atoms with Crippen LogP contribution in [0, 0.1) is 18.8 Å². The average molecular weight is 223 g/mol. The maximum absolute atomic E-state index is 10.8. The van der Waals surface area contributed by atoms with Crippen LogP contribution in [0.5, 0.6) is 0 Å². The average Bonchev–Trinajstić information content (AvgIpc) is 2.20. The molecule has 0 aromatic heterocycles. The molecule has 0 aliphatic heterocycles. The first-order valence-corrected chi connectivity index (χ1v) is 5.08. The van der Waals surface area contributed by atoms with E-state index in [1.807, 2.05) is 6.07 Å². The van der Waals surface area contributed by atoms with Crippen LogP contribution in [0.25, 0.3) is 0 Å². The van der Waals surface area contributed by atoms with Crippen LogP contribution in [0.1, 0.15) is 27.9 Å². The van der Waals surface area contributed by atoms with Crippen molar-refractivity contribution >= 4 is 17.6 Å². The van der Waals surface area contributed by atoms with Crippen molar-refractivity contribution in [3.63, 3.8) is 0 Å². The van der Waals surface area contributed by atoms with E-state index >= 15 is 0 Å². The summed E-state index contributed by atoms with van der Waals surface area (Å²) in [6.07, 6.45) is 0.609. The lowest BCUT2D eigenvalue weighted by atomic mass is 10.0. The third-order valence-electron chi connectivity index (χ3n) is 2.01. The fourth-order valence-corrected chi connectivity index (χ4v) is 1.30. The van der Waals surface area contributed by atoms with Crippen molar-refractivity contribution in [1.82, 2.24) is 0 Å². The standard InChI is InChI=1S/C12H11ClO2/c1-9-10(5-2-3-8-13)6-4-7-11(9)12(14)15/h4,6-7H,3,8H2,1H3,(H,14,15). The zero-order valence-electron chi connectivity index (χ0n) is 8.38. The second-order valence-corrected chi connectivity index (χ2v) is 3.40. The predicted molar refractivity (Wildman–Crippen MR) is 60.4 cm³/mol. The molecule has 0 aliphatic carbocycles. The Morgan fingerprint density at radius 3 is 2.87 bits per heavy atom. The number of alkyl halides is 1. The maximum atomic E-state index is 10.8. The number of rotatable bonds is 2. The van der Waals surface area contributed by atoms with E-state index in [1.165, 1.54) is 0 Å². The van der Waals surface area contributed by atoms with Crippen molar-refractivity contribution in [2.24, 2.45) is 0 Å². The maximum Gasteiger partial charge on any atom is 0.335 e. The van der Waals surface area contributed by atoms with Gasteiger partial charge in [0, 0.05) is 17.9 Å². The highest BCUT2D eigenvalue weighted by molar-refractivity contribution is 6.18. The number of carbonyl (C=O) groups is 1. The highest BCUT2D eigenvalue weighted by Crippen LogP contribution is 2.12. The van der Waals surface area contributed by atoms with Crippen LogP contribution < -0.4 is 0 Å². The molecule has 0 amide bonds. The predicted octanol–water partition coefficient (Wildman–Crippen LogP) is 2.67. The van der Waals surface area contributed by atoms with E-state index in [1.54, 1.807) is 19.1 Å². The summed E-state index contributed by atoms with van der Waals surface area (Å²) < 4.78 is 0. The van der Waals surface area contributed by atoms with Crippen LogP contribution in [0.15, 0.2) is 18.2 Å². The van der Waals surface area contributed by atoms with Crippen molar-refractivity contribution in [3.8, 4) is 11.8 Å². The molecule has 0 heterocycles. The van der Waals surface area contributed by atoms with Gasteiger partial charge in [-0.2, -0.15) is 0 Å². The zero-order valence-corrected chi connectivity index (χ0v) is 9.14. The van der Waals surface area contributed by atoms with E-state index in [0.29, 0.717) is 23.4 Å². The minimum absolute atomic E-state index is 0.299. The first-order chi connectivity index (χ1) is 7.16. The molecular formula is C12H11ClO2. The van der Waals surface area contributed by atoms with Gasteiger partial charge in [0.05, 0.1) is 5.56 Å². The van der Waals surface area contributed by atoms with E-state index in [4.69, 9.17) is 16.7 Å². The second-order valence-electron chi connectivity index (χ2n) is 3.02. The number of carboxylic acid groups (broad SMARTS) is 1. The lowest BCUT2D eigenvalue weighted by Crippen LogP contribution is -2.00. The van der Waals surface area contributed by atoms with E-state index in [2.05, 4.69) is 11.8 Å². The van der Waals surface area contributed by atoms with Gasteiger partial charge in [0.1, 0.15) is 0 Å². The van der Waals surface area contributed by atoms with Gasteiger partial charge in [-0.25, -0.2) is 4.79 Å². The molecule has 3 heteroatoms. The van der Waals surface area contributed by atoms with Crippen LogP contribution in [0.3, 0.4) is 0 Å². The highest BCUT2D eigenvalue weighted by Gasteiger charge is 2.07. The van der Waals surface area contributed by atoms with Gasteiger partial charge in [-0.3, -0.25) is 0 Å². The van der Waals surface area contributed by atoms with Gasteiger partial charge in [-0.15, -0.1) is 11.6 Å². The Labute approximate surface area is 93.9 Å². The van der Waals surface area contributed by atoms with Crippen molar-refractivity contribution in [2.45, 2.75) is 13.3 Å². The van der Waals surface area contributed by atoms with Gasteiger partial charge in [-0.1, -0.05) is 17.9 Å². The normalized spacial score (nSPS) is 9.20. The molecule has 1 rings (SSSR count). The number of aromatic carboxylic acids is 1. The smallest absolute Gasteiger partial charge is 0.335 e. The molecule has 78 valence electrons. The molecule has 0 fully saturated rings. The van der Waals surface area contributed by atoms with Gasteiger partial charge >= 0.3 is 5.97 Å². The van der Waals surface area contributed by atoms with Crippen LogP contribution in [-0.2, 0) is 0 Å². The van der Waals surface area contributed by atoms with Gasteiger partial charge in [0.15, 0.2) is 0 Å². The van der Waals surface area contributed by atoms with Gasteiger partial charge in [0.2, 0.25) is 0 Å². The van der Waals surface area contributed by atoms with Crippen LogP contribution in [0.2, 0.25) is 0 Å². The van der Waals surface area contributed by atoms with E-state index in [0.717, 1.165) is 5.56 Å². The quantitative estimate of drug-likeness (QED) is 0.617. The first kappa shape index (κ1) is 11.6. The minimum Gasteiger partial charge on any atom is -0.478 e. The Morgan fingerprint density at radius 2 is 2.27 bits per heavy atom. The number of hydrogen-bond donors (Lipinski definition) is 1. The number of hydrogen-bond acceptors (Lipinski definition) is 1. The molecule has 1 aromatic rings. The summed E-state index contributed by atoms with van der Waals surface area (Å²) >= 11 is 5.49. The first-order valence-electron chi connectivity index (χ1n) is 4.54. The summed E-state index contributed by atoms with van der Waals surface area (Å²) in [6, 6.07) is 5.08. The monoisotopic (exact) mass is 222 g/mol.